The lowest BCUT2D eigenvalue weighted by Gasteiger charge is -2.48. The lowest BCUT2D eigenvalue weighted by molar-refractivity contribution is -0.935. The molecule has 0 amide bonds. The van der Waals surface area contributed by atoms with Crippen molar-refractivity contribution in [2.24, 2.45) is 5.92 Å². The Labute approximate surface area is 118 Å². The average molecular weight is 274 g/mol. The number of Topliss-reactive ketones (excluding diaryl/α,β-unsaturated/α-hetero) is 1. The van der Waals surface area contributed by atoms with E-state index in [4.69, 9.17) is 5.11 Å². The Hall–Kier alpha value is -1.68. The molecule has 0 aliphatic carbocycles. The van der Waals surface area contributed by atoms with Gasteiger partial charge in [0.2, 0.25) is 5.78 Å². The van der Waals surface area contributed by atoms with Crippen LogP contribution in [0.4, 0.5) is 0 Å². The molecule has 3 heterocycles. The van der Waals surface area contributed by atoms with Gasteiger partial charge >= 0.3 is 5.97 Å². The summed E-state index contributed by atoms with van der Waals surface area (Å²) < 4.78 is 0.940. The Morgan fingerprint density at radius 1 is 1.00 bits per heavy atom. The molecule has 0 unspecified atom stereocenters. The zero-order valence-electron chi connectivity index (χ0n) is 11.5. The Bertz CT molecular complexity index is 513. The highest BCUT2D eigenvalue weighted by Gasteiger charge is 2.40. The van der Waals surface area contributed by atoms with Crippen LogP contribution >= 0.6 is 0 Å². The molecule has 20 heavy (non-hydrogen) atoms. The summed E-state index contributed by atoms with van der Waals surface area (Å²) in [5.74, 6) is 0.0752. The molecule has 2 bridgehead atoms. The minimum absolute atomic E-state index is 0.141. The predicted octanol–water partition coefficient (Wildman–Crippen LogP) is 2.20. The molecule has 3 aliphatic heterocycles. The van der Waals surface area contributed by atoms with E-state index in [1.54, 1.807) is 12.1 Å². The van der Waals surface area contributed by atoms with E-state index in [-0.39, 0.29) is 11.3 Å². The van der Waals surface area contributed by atoms with Gasteiger partial charge in [-0.2, -0.15) is 0 Å². The second kappa shape index (κ2) is 5.02. The van der Waals surface area contributed by atoms with Crippen LogP contribution in [0.5, 0.6) is 0 Å². The zero-order valence-corrected chi connectivity index (χ0v) is 11.5. The topological polar surface area (TPSA) is 54.4 Å². The molecule has 4 heteroatoms. The first-order valence-corrected chi connectivity index (χ1v) is 7.30. The van der Waals surface area contributed by atoms with Crippen LogP contribution in [-0.4, -0.2) is 47.5 Å². The van der Waals surface area contributed by atoms with Gasteiger partial charge in [0.15, 0.2) is 0 Å². The number of carbonyl (C=O) groups excluding carboxylic acids is 1. The second-order valence-electron chi connectivity index (χ2n) is 6.21. The first-order valence-electron chi connectivity index (χ1n) is 7.30. The summed E-state index contributed by atoms with van der Waals surface area (Å²) in [4.78, 5) is 23.2. The van der Waals surface area contributed by atoms with Crippen LogP contribution in [0.2, 0.25) is 0 Å². The van der Waals surface area contributed by atoms with Crippen LogP contribution < -0.4 is 0 Å². The van der Waals surface area contributed by atoms with Crippen LogP contribution in [0.3, 0.4) is 0 Å². The molecular weight excluding hydrogens is 254 g/mol. The number of ketones is 1. The van der Waals surface area contributed by atoms with Crippen molar-refractivity contribution >= 4 is 11.8 Å². The molecule has 0 aromatic heterocycles. The third-order valence-electron chi connectivity index (χ3n) is 4.97. The maximum Gasteiger partial charge on any atom is 0.335 e. The Morgan fingerprint density at radius 3 is 2.00 bits per heavy atom. The molecule has 4 rings (SSSR count). The first-order chi connectivity index (χ1) is 9.58. The molecule has 0 saturated carbocycles. The second-order valence-corrected chi connectivity index (χ2v) is 6.21. The summed E-state index contributed by atoms with van der Waals surface area (Å²) in [5.41, 5.74) is 0.863. The van der Waals surface area contributed by atoms with Crippen molar-refractivity contribution < 1.29 is 19.2 Å². The van der Waals surface area contributed by atoms with Gasteiger partial charge in [-0.1, -0.05) is 12.1 Å². The van der Waals surface area contributed by atoms with Crippen LogP contribution in [0.25, 0.3) is 0 Å². The average Bonchev–Trinajstić information content (AvgIpc) is 2.48. The highest BCUT2D eigenvalue weighted by atomic mass is 16.4. The Balaban J connectivity index is 1.71. The predicted molar refractivity (Wildman–Crippen MR) is 74.8 cm³/mol. The summed E-state index contributed by atoms with van der Waals surface area (Å²) in [5, 5.41) is 8.87. The summed E-state index contributed by atoms with van der Waals surface area (Å²) in [6.07, 6.45) is 3.77. The maximum absolute atomic E-state index is 12.4. The third kappa shape index (κ3) is 2.48. The van der Waals surface area contributed by atoms with Crippen molar-refractivity contribution in [2.45, 2.75) is 19.3 Å². The molecular formula is C16H20NO3+. The molecule has 4 nitrogen and oxygen atoms in total. The number of fused-ring (bicyclic) bond motifs is 3. The number of aromatic carboxylic acids is 1. The number of carbonyl (C=O) groups is 2. The number of nitrogens with zero attached hydrogens (tertiary/aromatic N) is 1. The number of quaternary nitrogens is 1. The highest BCUT2D eigenvalue weighted by molar-refractivity contribution is 5.98. The summed E-state index contributed by atoms with van der Waals surface area (Å²) in [6, 6.07) is 6.30. The molecule has 3 aliphatic rings. The number of benzene rings is 1. The molecule has 1 N–H and O–H groups in total. The van der Waals surface area contributed by atoms with Crippen molar-refractivity contribution in [1.82, 2.24) is 0 Å². The lowest BCUT2D eigenvalue weighted by atomic mass is 9.85. The van der Waals surface area contributed by atoms with E-state index in [0.717, 1.165) is 30.0 Å². The normalized spacial score (nSPS) is 28.3. The lowest BCUT2D eigenvalue weighted by Crippen LogP contribution is -2.60. The molecule has 0 spiro atoms. The minimum atomic E-state index is -0.955. The number of hydrogen-bond donors (Lipinski definition) is 1. The Kier molecular flexibility index (Phi) is 3.34. The van der Waals surface area contributed by atoms with Crippen molar-refractivity contribution in [1.29, 1.82) is 0 Å². The van der Waals surface area contributed by atoms with E-state index in [0.29, 0.717) is 12.1 Å². The molecule has 3 saturated heterocycles. The smallest absolute Gasteiger partial charge is 0.335 e. The zero-order chi connectivity index (χ0) is 14.2. The van der Waals surface area contributed by atoms with E-state index in [1.807, 2.05) is 0 Å². The quantitative estimate of drug-likeness (QED) is 0.676. The van der Waals surface area contributed by atoms with Crippen molar-refractivity contribution in [2.75, 3.05) is 26.2 Å². The first kappa shape index (κ1) is 13.3. The van der Waals surface area contributed by atoms with Crippen molar-refractivity contribution in [3.8, 4) is 0 Å². The minimum Gasteiger partial charge on any atom is -0.478 e. The summed E-state index contributed by atoms with van der Waals surface area (Å²) in [7, 11) is 0. The van der Waals surface area contributed by atoms with Gasteiger partial charge in [0.1, 0.15) is 6.54 Å². The Morgan fingerprint density at radius 2 is 1.50 bits per heavy atom. The molecule has 0 radical (unpaired) electrons. The third-order valence-corrected chi connectivity index (χ3v) is 4.97. The fourth-order valence-corrected chi connectivity index (χ4v) is 3.57. The van der Waals surface area contributed by atoms with Crippen molar-refractivity contribution in [3.63, 3.8) is 0 Å². The van der Waals surface area contributed by atoms with Gasteiger partial charge in [-0.3, -0.25) is 4.79 Å². The molecule has 1 aromatic carbocycles. The van der Waals surface area contributed by atoms with Gasteiger partial charge in [-0.15, -0.1) is 0 Å². The number of rotatable bonds is 4. The van der Waals surface area contributed by atoms with Gasteiger partial charge in [0, 0.05) is 5.56 Å². The standard InChI is InChI=1S/C16H19NO3/c18-15(13-1-3-14(4-2-13)16(19)20)11-17-8-5-12(6-9-17)7-10-17/h1-4,12H,5-11H2/p+1. The maximum atomic E-state index is 12.4. The summed E-state index contributed by atoms with van der Waals surface area (Å²) >= 11 is 0. The van der Waals surface area contributed by atoms with E-state index in [9.17, 15) is 9.59 Å². The fraction of sp³-hybridized carbons (Fsp3) is 0.500. The number of carboxylic acid groups (broad SMARTS) is 1. The van der Waals surface area contributed by atoms with Gasteiger partial charge in [-0.05, 0) is 37.3 Å². The monoisotopic (exact) mass is 274 g/mol. The van der Waals surface area contributed by atoms with Gasteiger partial charge in [-0.25, -0.2) is 4.79 Å². The van der Waals surface area contributed by atoms with Crippen LogP contribution in [0, 0.1) is 5.92 Å². The van der Waals surface area contributed by atoms with Gasteiger partial charge < -0.3 is 9.59 Å². The van der Waals surface area contributed by atoms with Crippen LogP contribution in [0.15, 0.2) is 24.3 Å². The van der Waals surface area contributed by atoms with E-state index in [2.05, 4.69) is 0 Å². The van der Waals surface area contributed by atoms with E-state index >= 15 is 0 Å². The number of carboxylic acids is 1. The van der Waals surface area contributed by atoms with Gasteiger partial charge in [0.25, 0.3) is 0 Å². The fourth-order valence-electron chi connectivity index (χ4n) is 3.57. The highest BCUT2D eigenvalue weighted by Crippen LogP contribution is 2.33. The molecule has 0 atom stereocenters. The largest absolute Gasteiger partial charge is 0.478 e. The van der Waals surface area contributed by atoms with Crippen LogP contribution in [0.1, 0.15) is 40.0 Å². The number of piperidine rings is 3. The molecule has 1 aromatic rings. The number of hydrogen-bond acceptors (Lipinski definition) is 2. The molecule has 106 valence electrons. The van der Waals surface area contributed by atoms with Crippen molar-refractivity contribution in [3.05, 3.63) is 35.4 Å². The van der Waals surface area contributed by atoms with Crippen LogP contribution in [-0.2, 0) is 0 Å². The van der Waals surface area contributed by atoms with Gasteiger partial charge in [0.05, 0.1) is 25.2 Å². The SMILES string of the molecule is O=C(O)c1ccc(C(=O)C[N+]23CCC(CC2)CC3)cc1. The van der Waals surface area contributed by atoms with E-state index in [1.165, 1.54) is 31.4 Å². The summed E-state index contributed by atoms with van der Waals surface area (Å²) in [6.45, 7) is 3.95. The molecule has 3 fully saturated rings. The van der Waals surface area contributed by atoms with E-state index < -0.39 is 5.97 Å².